The number of carboxylic acids is 1. The minimum absolute atomic E-state index is 0.0104. The number of benzene rings is 1. The van der Waals surface area contributed by atoms with Gasteiger partial charge in [0.25, 0.3) is 0 Å². The number of rotatable bonds is 4. The predicted octanol–water partition coefficient (Wildman–Crippen LogP) is 3.59. The van der Waals surface area contributed by atoms with Gasteiger partial charge >= 0.3 is 5.97 Å². The van der Waals surface area contributed by atoms with Crippen LogP contribution in [0.15, 0.2) is 18.2 Å². The largest absolute Gasteiger partial charge is 0.481 e. The molecule has 2 aromatic rings. The average molecular weight is 275 g/mol. The highest BCUT2D eigenvalue weighted by molar-refractivity contribution is 5.82. The third-order valence-electron chi connectivity index (χ3n) is 4.39. The lowest BCUT2D eigenvalue weighted by Gasteiger charge is -2.16. The van der Waals surface area contributed by atoms with Crippen LogP contribution in [0.3, 0.4) is 0 Å². The Kier molecular flexibility index (Phi) is 3.04. The zero-order chi connectivity index (χ0) is 14.4. The number of nitrogens with zero attached hydrogens (tertiary/aromatic N) is 1. The maximum absolute atomic E-state index is 14.3. The third-order valence-corrected chi connectivity index (χ3v) is 4.39. The van der Waals surface area contributed by atoms with Crippen LogP contribution >= 0.6 is 0 Å². The molecule has 1 aromatic heterocycles. The first-order valence-corrected chi connectivity index (χ1v) is 6.94. The molecule has 0 bridgehead atoms. The van der Waals surface area contributed by atoms with E-state index in [4.69, 9.17) is 5.11 Å². The molecule has 1 N–H and O–H groups in total. The number of fused-ring (bicyclic) bond motifs is 1. The summed E-state index contributed by atoms with van der Waals surface area (Å²) < 4.78 is 16.4. The van der Waals surface area contributed by atoms with Crippen molar-refractivity contribution < 1.29 is 14.3 Å². The smallest absolute Gasteiger partial charge is 0.303 e. The van der Waals surface area contributed by atoms with Crippen molar-refractivity contribution in [1.82, 2.24) is 4.57 Å². The van der Waals surface area contributed by atoms with Crippen LogP contribution in [-0.2, 0) is 11.8 Å². The molecule has 106 valence electrons. The highest BCUT2D eigenvalue weighted by Crippen LogP contribution is 2.45. The summed E-state index contributed by atoms with van der Waals surface area (Å²) in [5.74, 6) is -1.02. The molecular formula is C16H18FNO2. The van der Waals surface area contributed by atoms with Crippen LogP contribution in [0.25, 0.3) is 10.9 Å². The van der Waals surface area contributed by atoms with Gasteiger partial charge in [0.2, 0.25) is 0 Å². The minimum atomic E-state index is -0.857. The van der Waals surface area contributed by atoms with Gasteiger partial charge < -0.3 is 9.67 Å². The Morgan fingerprint density at radius 3 is 2.75 bits per heavy atom. The molecule has 3 nitrogen and oxygen atoms in total. The summed E-state index contributed by atoms with van der Waals surface area (Å²) >= 11 is 0. The Hall–Kier alpha value is -1.84. The van der Waals surface area contributed by atoms with Crippen LogP contribution in [0.2, 0.25) is 0 Å². The number of hydrogen-bond donors (Lipinski definition) is 1. The van der Waals surface area contributed by atoms with Crippen molar-refractivity contribution >= 4 is 16.9 Å². The van der Waals surface area contributed by atoms with E-state index in [0.29, 0.717) is 11.5 Å². The summed E-state index contributed by atoms with van der Waals surface area (Å²) in [5.41, 5.74) is 2.59. The SMILES string of the molecule is Cc1cc2cc(F)c(C(CC(=O)O)C3CC3)cc2n1C. The molecule has 1 heterocycles. The fraction of sp³-hybridized carbons (Fsp3) is 0.438. The Bertz CT molecular complexity index is 685. The van der Waals surface area contributed by atoms with Gasteiger partial charge in [-0.3, -0.25) is 4.79 Å². The van der Waals surface area contributed by atoms with Crippen molar-refractivity contribution in [3.63, 3.8) is 0 Å². The monoisotopic (exact) mass is 275 g/mol. The van der Waals surface area contributed by atoms with Gasteiger partial charge in [-0.15, -0.1) is 0 Å². The lowest BCUT2D eigenvalue weighted by atomic mass is 9.90. The number of carboxylic acid groups (broad SMARTS) is 1. The van der Waals surface area contributed by atoms with Crippen molar-refractivity contribution in [3.05, 3.63) is 35.3 Å². The summed E-state index contributed by atoms with van der Waals surface area (Å²) in [5, 5.41) is 9.93. The number of halogens is 1. The highest BCUT2D eigenvalue weighted by Gasteiger charge is 2.35. The van der Waals surface area contributed by atoms with Gasteiger partial charge in [0.05, 0.1) is 6.42 Å². The maximum Gasteiger partial charge on any atom is 0.303 e. The molecule has 3 rings (SSSR count). The van der Waals surface area contributed by atoms with E-state index >= 15 is 0 Å². The van der Waals surface area contributed by atoms with Crippen LogP contribution in [0.1, 0.15) is 36.4 Å². The first kappa shape index (κ1) is 13.2. The van der Waals surface area contributed by atoms with Crippen molar-refractivity contribution in [2.24, 2.45) is 13.0 Å². The maximum atomic E-state index is 14.3. The molecule has 1 aliphatic carbocycles. The lowest BCUT2D eigenvalue weighted by molar-refractivity contribution is -0.137. The molecule has 1 aliphatic rings. The van der Waals surface area contributed by atoms with Gasteiger partial charge in [-0.1, -0.05) is 0 Å². The second-order valence-electron chi connectivity index (χ2n) is 5.82. The highest BCUT2D eigenvalue weighted by atomic mass is 19.1. The van der Waals surface area contributed by atoms with E-state index < -0.39 is 5.97 Å². The number of carbonyl (C=O) groups is 1. The van der Waals surface area contributed by atoms with Crippen LogP contribution in [0, 0.1) is 18.7 Å². The molecule has 0 aliphatic heterocycles. The van der Waals surface area contributed by atoms with Crippen molar-refractivity contribution in [1.29, 1.82) is 0 Å². The Labute approximate surface area is 117 Å². The molecule has 0 saturated heterocycles. The molecule has 0 spiro atoms. The molecule has 1 aromatic carbocycles. The van der Waals surface area contributed by atoms with Gasteiger partial charge in [0, 0.05) is 29.6 Å². The van der Waals surface area contributed by atoms with Crippen LogP contribution in [0.5, 0.6) is 0 Å². The van der Waals surface area contributed by atoms with Crippen molar-refractivity contribution in [3.8, 4) is 0 Å². The van der Waals surface area contributed by atoms with Gasteiger partial charge in [0.15, 0.2) is 0 Å². The van der Waals surface area contributed by atoms with Crippen LogP contribution < -0.4 is 0 Å². The predicted molar refractivity (Wildman–Crippen MR) is 75.3 cm³/mol. The van der Waals surface area contributed by atoms with E-state index in [1.807, 2.05) is 30.7 Å². The molecule has 1 fully saturated rings. The molecule has 1 atom stereocenters. The molecule has 1 unspecified atom stereocenters. The minimum Gasteiger partial charge on any atom is -0.481 e. The van der Waals surface area contributed by atoms with E-state index in [1.54, 1.807) is 0 Å². The topological polar surface area (TPSA) is 42.2 Å². The zero-order valence-electron chi connectivity index (χ0n) is 11.7. The Morgan fingerprint density at radius 1 is 1.45 bits per heavy atom. The number of hydrogen-bond acceptors (Lipinski definition) is 1. The van der Waals surface area contributed by atoms with Crippen molar-refractivity contribution in [2.45, 2.75) is 32.1 Å². The van der Waals surface area contributed by atoms with E-state index in [2.05, 4.69) is 0 Å². The molecule has 4 heteroatoms. The standard InChI is InChI=1S/C16H18FNO2/c1-9-5-11-6-14(17)13(7-15(11)18(9)2)12(8-16(19)20)10-3-4-10/h5-7,10,12H,3-4,8H2,1-2H3,(H,19,20). The molecule has 0 radical (unpaired) electrons. The van der Waals surface area contributed by atoms with Crippen molar-refractivity contribution in [2.75, 3.05) is 0 Å². The third kappa shape index (κ3) is 2.19. The second kappa shape index (κ2) is 4.62. The van der Waals surface area contributed by atoms with E-state index in [9.17, 15) is 9.18 Å². The number of aryl methyl sites for hydroxylation is 2. The Balaban J connectivity index is 2.11. The van der Waals surface area contributed by atoms with Gasteiger partial charge in [-0.2, -0.15) is 0 Å². The summed E-state index contributed by atoms with van der Waals surface area (Å²) in [6, 6.07) is 5.32. The fourth-order valence-corrected chi connectivity index (χ4v) is 3.01. The first-order chi connectivity index (χ1) is 9.47. The summed E-state index contributed by atoms with van der Waals surface area (Å²) in [4.78, 5) is 11.0. The summed E-state index contributed by atoms with van der Waals surface area (Å²) in [6.45, 7) is 1.98. The van der Waals surface area contributed by atoms with E-state index in [1.165, 1.54) is 6.07 Å². The number of aromatic nitrogens is 1. The molecule has 20 heavy (non-hydrogen) atoms. The first-order valence-electron chi connectivity index (χ1n) is 6.94. The van der Waals surface area contributed by atoms with Gasteiger partial charge in [0.1, 0.15) is 5.82 Å². The quantitative estimate of drug-likeness (QED) is 0.926. The second-order valence-corrected chi connectivity index (χ2v) is 5.82. The van der Waals surface area contributed by atoms with Crippen LogP contribution in [0.4, 0.5) is 4.39 Å². The molecule has 1 saturated carbocycles. The van der Waals surface area contributed by atoms with Crippen LogP contribution in [-0.4, -0.2) is 15.6 Å². The van der Waals surface area contributed by atoms with E-state index in [-0.39, 0.29) is 18.2 Å². The van der Waals surface area contributed by atoms with Gasteiger partial charge in [-0.05, 0) is 49.4 Å². The lowest BCUT2D eigenvalue weighted by Crippen LogP contribution is -2.10. The van der Waals surface area contributed by atoms with E-state index in [0.717, 1.165) is 29.4 Å². The van der Waals surface area contributed by atoms with Gasteiger partial charge in [-0.25, -0.2) is 4.39 Å². The summed E-state index contributed by atoms with van der Waals surface area (Å²) in [7, 11) is 1.95. The Morgan fingerprint density at radius 2 is 2.15 bits per heavy atom. The molecular weight excluding hydrogens is 257 g/mol. The zero-order valence-corrected chi connectivity index (χ0v) is 11.7. The fourth-order valence-electron chi connectivity index (χ4n) is 3.01. The average Bonchev–Trinajstić information content (AvgIpc) is 3.16. The number of aliphatic carboxylic acids is 1. The summed E-state index contributed by atoms with van der Waals surface area (Å²) in [6.07, 6.45) is 2.01. The normalized spacial score (nSPS) is 16.6. The molecule has 0 amide bonds.